The summed E-state index contributed by atoms with van der Waals surface area (Å²) in [6, 6.07) is 8.17. The second-order valence-corrected chi connectivity index (χ2v) is 5.75. The van der Waals surface area contributed by atoms with E-state index in [1.54, 1.807) is 17.5 Å². The molecule has 0 bridgehead atoms. The van der Waals surface area contributed by atoms with Gasteiger partial charge in [0.1, 0.15) is 0 Å². The predicted octanol–water partition coefficient (Wildman–Crippen LogP) is 3.84. The van der Waals surface area contributed by atoms with Crippen molar-refractivity contribution < 1.29 is 0 Å². The Labute approximate surface area is 113 Å². The lowest BCUT2D eigenvalue weighted by atomic mass is 10.2. The molecule has 0 radical (unpaired) electrons. The van der Waals surface area contributed by atoms with E-state index in [4.69, 9.17) is 0 Å². The fourth-order valence-electron chi connectivity index (χ4n) is 1.29. The van der Waals surface area contributed by atoms with Crippen molar-refractivity contribution in [2.24, 2.45) is 0 Å². The molecule has 0 saturated carbocycles. The lowest BCUT2D eigenvalue weighted by Crippen LogP contribution is -1.91. The van der Waals surface area contributed by atoms with Gasteiger partial charge in [-0.05, 0) is 45.9 Å². The van der Waals surface area contributed by atoms with Gasteiger partial charge in [0.2, 0.25) is 0 Å². The van der Waals surface area contributed by atoms with E-state index < -0.39 is 0 Å². The number of anilines is 2. The Kier molecular flexibility index (Phi) is 4.17. The van der Waals surface area contributed by atoms with Gasteiger partial charge in [-0.25, -0.2) is 4.98 Å². The minimum absolute atomic E-state index is 0.885. The highest BCUT2D eigenvalue weighted by molar-refractivity contribution is 9.11. The quantitative estimate of drug-likeness (QED) is 0.901. The van der Waals surface area contributed by atoms with Gasteiger partial charge in [0.25, 0.3) is 0 Å². The number of thiazole rings is 1. The minimum Gasteiger partial charge on any atom is -0.394 e. The van der Waals surface area contributed by atoms with Crippen LogP contribution in [-0.4, -0.2) is 12.0 Å². The zero-order valence-corrected chi connectivity index (χ0v) is 11.7. The van der Waals surface area contributed by atoms with E-state index in [9.17, 15) is 0 Å². The van der Waals surface area contributed by atoms with Crippen molar-refractivity contribution >= 4 is 44.2 Å². The second-order valence-electron chi connectivity index (χ2n) is 3.34. The predicted molar refractivity (Wildman–Crippen MR) is 77.6 cm³/mol. The number of rotatable bonds is 4. The van der Waals surface area contributed by atoms with E-state index in [0.717, 1.165) is 20.2 Å². The highest BCUT2D eigenvalue weighted by atomic mass is 79.9. The molecule has 1 aromatic heterocycles. The van der Waals surface area contributed by atoms with Crippen LogP contribution in [0.5, 0.6) is 0 Å². The normalized spacial score (nSPS) is 10.7. The van der Waals surface area contributed by atoms with Gasteiger partial charge in [-0.2, -0.15) is 0 Å². The maximum absolute atomic E-state index is 4.22. The van der Waals surface area contributed by atoms with Crippen molar-refractivity contribution in [2.75, 3.05) is 12.4 Å². The average Bonchev–Trinajstić information content (AvgIpc) is 2.74. The molecule has 0 aliphatic carbocycles. The summed E-state index contributed by atoms with van der Waals surface area (Å²) < 4.78 is 1.02. The van der Waals surface area contributed by atoms with Gasteiger partial charge in [0.15, 0.2) is 5.13 Å². The number of hydrogen-bond acceptors (Lipinski definition) is 4. The minimum atomic E-state index is 0.885. The monoisotopic (exact) mass is 309 g/mol. The van der Waals surface area contributed by atoms with Crippen molar-refractivity contribution in [1.29, 1.82) is 0 Å². The molecule has 0 unspecified atom stereocenters. The molecular formula is C12H12BrN3S. The Morgan fingerprint density at radius 2 is 2.06 bits per heavy atom. The summed E-state index contributed by atoms with van der Waals surface area (Å²) in [4.78, 5) is 4.22. The molecule has 0 saturated heterocycles. The Balaban J connectivity index is 2.05. The number of aromatic nitrogens is 1. The largest absolute Gasteiger partial charge is 0.394 e. The summed E-state index contributed by atoms with van der Waals surface area (Å²) in [6.45, 7) is 0. The molecule has 2 N–H and O–H groups in total. The molecule has 0 aliphatic heterocycles. The molecule has 2 rings (SSSR count). The molecular weight excluding hydrogens is 298 g/mol. The molecule has 0 atom stereocenters. The first-order chi connectivity index (χ1) is 8.28. The number of nitrogens with one attached hydrogen (secondary N) is 2. The highest BCUT2D eigenvalue weighted by Gasteiger charge is 1.99. The maximum atomic E-state index is 4.22. The smallest absolute Gasteiger partial charge is 0.188 e. The van der Waals surface area contributed by atoms with Crippen LogP contribution in [0.4, 0.5) is 10.8 Å². The third kappa shape index (κ3) is 3.57. The topological polar surface area (TPSA) is 37.0 Å². The molecule has 0 spiro atoms. The first-order valence-corrected chi connectivity index (χ1v) is 6.71. The van der Waals surface area contributed by atoms with Crippen LogP contribution in [0, 0.1) is 0 Å². The van der Waals surface area contributed by atoms with E-state index in [2.05, 4.69) is 43.7 Å². The Morgan fingerprint density at radius 1 is 1.29 bits per heavy atom. The van der Waals surface area contributed by atoms with Gasteiger partial charge in [0, 0.05) is 12.7 Å². The molecule has 3 nitrogen and oxygen atoms in total. The third-order valence-corrected chi connectivity index (χ3v) is 3.47. The van der Waals surface area contributed by atoms with E-state index in [0.29, 0.717) is 0 Å². The van der Waals surface area contributed by atoms with E-state index in [1.807, 2.05) is 31.5 Å². The van der Waals surface area contributed by atoms with Gasteiger partial charge in [-0.3, -0.25) is 0 Å². The molecule has 0 fully saturated rings. The number of hydrogen-bond donors (Lipinski definition) is 2. The fourth-order valence-corrected chi connectivity index (χ4v) is 2.42. The summed E-state index contributed by atoms with van der Waals surface area (Å²) in [5.41, 5.74) is 2.19. The molecule has 1 heterocycles. The Hall–Kier alpha value is -1.33. The van der Waals surface area contributed by atoms with Crippen molar-refractivity contribution in [2.45, 2.75) is 0 Å². The molecule has 0 amide bonds. The lowest BCUT2D eigenvalue weighted by molar-refractivity contribution is 1.11. The lowest BCUT2D eigenvalue weighted by Gasteiger charge is -2.02. The summed E-state index contributed by atoms with van der Waals surface area (Å²) in [6.07, 6.45) is 5.71. The van der Waals surface area contributed by atoms with Crippen LogP contribution in [0.2, 0.25) is 0 Å². The van der Waals surface area contributed by atoms with Crippen LogP contribution in [0.1, 0.15) is 5.56 Å². The van der Waals surface area contributed by atoms with Crippen molar-refractivity contribution in [3.05, 3.63) is 46.0 Å². The SMILES string of the molecule is CNC=Cc1ccc(Nc2ncc(Br)s2)cc1. The number of halogens is 1. The average molecular weight is 310 g/mol. The first kappa shape index (κ1) is 12.1. The number of benzene rings is 1. The van der Waals surface area contributed by atoms with Crippen LogP contribution >= 0.6 is 27.3 Å². The van der Waals surface area contributed by atoms with Gasteiger partial charge in [0.05, 0.1) is 9.98 Å². The van der Waals surface area contributed by atoms with Gasteiger partial charge in [-0.15, -0.1) is 0 Å². The van der Waals surface area contributed by atoms with Crippen molar-refractivity contribution in [1.82, 2.24) is 10.3 Å². The second kappa shape index (κ2) is 5.84. The molecule has 1 aromatic carbocycles. The molecule has 5 heteroatoms. The van der Waals surface area contributed by atoms with Crippen molar-refractivity contribution in [3.8, 4) is 0 Å². The molecule has 0 aliphatic rings. The van der Waals surface area contributed by atoms with Gasteiger partial charge in [-0.1, -0.05) is 23.5 Å². The Morgan fingerprint density at radius 3 is 2.65 bits per heavy atom. The van der Waals surface area contributed by atoms with E-state index >= 15 is 0 Å². The van der Waals surface area contributed by atoms with E-state index in [1.165, 1.54) is 0 Å². The fraction of sp³-hybridized carbons (Fsp3) is 0.0833. The summed E-state index contributed by atoms with van der Waals surface area (Å²) in [5.74, 6) is 0. The van der Waals surface area contributed by atoms with Gasteiger partial charge < -0.3 is 10.6 Å². The standard InChI is InChI=1S/C12H12BrN3S/c1-14-7-6-9-2-4-10(5-3-9)16-12-15-8-11(13)17-12/h2-8,14H,1H3,(H,15,16). The maximum Gasteiger partial charge on any atom is 0.188 e. The van der Waals surface area contributed by atoms with Crippen LogP contribution in [0.15, 0.2) is 40.4 Å². The highest BCUT2D eigenvalue weighted by Crippen LogP contribution is 2.26. The Bertz CT molecular complexity index is 505. The first-order valence-electron chi connectivity index (χ1n) is 5.10. The summed E-state index contributed by atoms with van der Waals surface area (Å²) in [5, 5.41) is 7.09. The van der Waals surface area contributed by atoms with Crippen LogP contribution in [0.25, 0.3) is 6.08 Å². The van der Waals surface area contributed by atoms with Crippen molar-refractivity contribution in [3.63, 3.8) is 0 Å². The van der Waals surface area contributed by atoms with Crippen LogP contribution in [0.3, 0.4) is 0 Å². The van der Waals surface area contributed by atoms with E-state index in [-0.39, 0.29) is 0 Å². The van der Waals surface area contributed by atoms with Crippen LogP contribution < -0.4 is 10.6 Å². The van der Waals surface area contributed by atoms with Gasteiger partial charge >= 0.3 is 0 Å². The molecule has 17 heavy (non-hydrogen) atoms. The third-order valence-electron chi connectivity index (χ3n) is 2.08. The number of nitrogens with zero attached hydrogens (tertiary/aromatic N) is 1. The molecule has 88 valence electrons. The summed E-state index contributed by atoms with van der Waals surface area (Å²) in [7, 11) is 1.88. The molecule has 2 aromatic rings. The summed E-state index contributed by atoms with van der Waals surface area (Å²) >= 11 is 4.96. The zero-order chi connectivity index (χ0) is 12.1. The van der Waals surface area contributed by atoms with Crippen LogP contribution in [-0.2, 0) is 0 Å². The zero-order valence-electron chi connectivity index (χ0n) is 9.27.